The van der Waals surface area contributed by atoms with Gasteiger partial charge in [0.05, 0.1) is 21.1 Å². The number of carbonyl (C=O) groups excluding carboxylic acids is 1. The van der Waals surface area contributed by atoms with Crippen LogP contribution in [0.2, 0.25) is 5.02 Å². The molecule has 0 bridgehead atoms. The lowest BCUT2D eigenvalue weighted by atomic mass is 10.0. The summed E-state index contributed by atoms with van der Waals surface area (Å²) >= 11 is 5.79. The maximum atomic E-state index is 12.2. The largest absolute Gasteiger partial charge is 0.452 e. The lowest BCUT2D eigenvalue weighted by molar-refractivity contribution is -0.876. The van der Waals surface area contributed by atoms with E-state index in [0.717, 1.165) is 0 Å². The monoisotopic (exact) mass is 321 g/mol. The lowest BCUT2D eigenvalue weighted by Crippen LogP contribution is -2.27. The number of quaternary nitrogens is 1. The number of halogens is 1. The van der Waals surface area contributed by atoms with Gasteiger partial charge in [0.15, 0.2) is 11.5 Å². The van der Waals surface area contributed by atoms with E-state index in [0.29, 0.717) is 20.9 Å². The SMILES string of the molecule is C[N+](C)(C)/N=C\c1ccc(C(=O)C(O)c2ccc(Cl)cc2)o1. The number of Topliss-reactive ketones (excluding diaryl/α,β-unsaturated/α-hetero) is 1. The fraction of sp³-hybridized carbons (Fsp3) is 0.250. The topological polar surface area (TPSA) is 62.8 Å². The fourth-order valence-electron chi connectivity index (χ4n) is 1.72. The molecule has 0 fully saturated rings. The molecular formula is C16H18ClN2O3+. The highest BCUT2D eigenvalue weighted by Gasteiger charge is 2.22. The van der Waals surface area contributed by atoms with E-state index in [-0.39, 0.29) is 5.76 Å². The Balaban J connectivity index is 2.14. The van der Waals surface area contributed by atoms with Gasteiger partial charge in [-0.1, -0.05) is 28.8 Å². The lowest BCUT2D eigenvalue weighted by Gasteiger charge is -2.13. The average molecular weight is 322 g/mol. The Morgan fingerprint density at radius 2 is 1.86 bits per heavy atom. The average Bonchev–Trinajstić information content (AvgIpc) is 2.92. The van der Waals surface area contributed by atoms with Crippen LogP contribution in [0.1, 0.15) is 28.0 Å². The molecule has 0 aliphatic rings. The minimum Gasteiger partial charge on any atom is -0.452 e. The standard InChI is InChI=1S/C16H18ClN2O3/c1-19(2,3)18-10-13-8-9-14(22-13)16(21)15(20)11-4-6-12(17)7-5-11/h4-10,15,20H,1-3H3/q+1/b18-10-. The van der Waals surface area contributed by atoms with Crippen LogP contribution < -0.4 is 0 Å². The summed E-state index contributed by atoms with van der Waals surface area (Å²) in [6, 6.07) is 9.61. The minimum atomic E-state index is -1.29. The van der Waals surface area contributed by atoms with Crippen LogP contribution in [0.4, 0.5) is 0 Å². The van der Waals surface area contributed by atoms with E-state index < -0.39 is 11.9 Å². The fourth-order valence-corrected chi connectivity index (χ4v) is 1.84. The van der Waals surface area contributed by atoms with Gasteiger partial charge >= 0.3 is 0 Å². The number of aliphatic hydroxyl groups excluding tert-OH is 1. The highest BCUT2D eigenvalue weighted by Crippen LogP contribution is 2.21. The van der Waals surface area contributed by atoms with Crippen molar-refractivity contribution in [1.29, 1.82) is 0 Å². The number of carbonyl (C=O) groups is 1. The second-order valence-electron chi connectivity index (χ2n) is 5.71. The van der Waals surface area contributed by atoms with E-state index in [1.807, 2.05) is 21.1 Å². The van der Waals surface area contributed by atoms with Gasteiger partial charge in [-0.05, 0) is 29.8 Å². The molecule has 22 heavy (non-hydrogen) atoms. The molecule has 1 atom stereocenters. The highest BCUT2D eigenvalue weighted by atomic mass is 35.5. The number of hydrogen-bond donors (Lipinski definition) is 1. The van der Waals surface area contributed by atoms with Crippen molar-refractivity contribution < 1.29 is 18.9 Å². The van der Waals surface area contributed by atoms with E-state index >= 15 is 0 Å². The molecule has 0 aliphatic carbocycles. The van der Waals surface area contributed by atoms with E-state index in [1.54, 1.807) is 36.5 Å². The van der Waals surface area contributed by atoms with Crippen molar-refractivity contribution in [3.05, 3.63) is 58.5 Å². The van der Waals surface area contributed by atoms with Crippen molar-refractivity contribution in [3.63, 3.8) is 0 Å². The van der Waals surface area contributed by atoms with Gasteiger partial charge in [-0.15, -0.1) is 0 Å². The number of aliphatic hydroxyl groups is 1. The second-order valence-corrected chi connectivity index (χ2v) is 6.14. The molecule has 0 radical (unpaired) electrons. The van der Waals surface area contributed by atoms with Crippen molar-refractivity contribution in [2.75, 3.05) is 21.1 Å². The number of nitrogens with zero attached hydrogens (tertiary/aromatic N) is 2. The van der Waals surface area contributed by atoms with Crippen molar-refractivity contribution in [3.8, 4) is 0 Å². The Bertz CT molecular complexity index is 684. The molecular weight excluding hydrogens is 304 g/mol. The number of hydrogen-bond acceptors (Lipinski definition) is 4. The summed E-state index contributed by atoms with van der Waals surface area (Å²) in [6.07, 6.45) is 0.262. The molecule has 0 spiro atoms. The quantitative estimate of drug-likeness (QED) is 0.398. The number of rotatable bonds is 5. The van der Waals surface area contributed by atoms with Gasteiger partial charge in [-0.25, -0.2) is 4.59 Å². The maximum Gasteiger partial charge on any atom is 0.230 e. The van der Waals surface area contributed by atoms with Gasteiger partial charge in [0, 0.05) is 5.02 Å². The number of furan rings is 1. The molecule has 1 N–H and O–H groups in total. The molecule has 1 heterocycles. The van der Waals surface area contributed by atoms with Gasteiger partial charge in [-0.2, -0.15) is 0 Å². The zero-order chi connectivity index (χ0) is 16.3. The van der Waals surface area contributed by atoms with Gasteiger partial charge in [-0.3, -0.25) is 4.79 Å². The maximum absolute atomic E-state index is 12.2. The second kappa shape index (κ2) is 6.44. The van der Waals surface area contributed by atoms with Crippen LogP contribution >= 0.6 is 11.6 Å². The van der Waals surface area contributed by atoms with Crippen LogP contribution in [0.15, 0.2) is 45.9 Å². The first kappa shape index (κ1) is 16.4. The molecule has 5 nitrogen and oxygen atoms in total. The minimum absolute atomic E-state index is 0.0882. The molecule has 6 heteroatoms. The van der Waals surface area contributed by atoms with E-state index in [9.17, 15) is 9.90 Å². The zero-order valence-electron chi connectivity index (χ0n) is 12.7. The highest BCUT2D eigenvalue weighted by molar-refractivity contribution is 6.30. The van der Waals surface area contributed by atoms with Crippen LogP contribution in [0, 0.1) is 0 Å². The first-order chi connectivity index (χ1) is 10.3. The normalized spacial score (nSPS) is 13.5. The molecule has 116 valence electrons. The predicted octanol–water partition coefficient (Wildman–Crippen LogP) is 2.89. The van der Waals surface area contributed by atoms with Crippen molar-refractivity contribution in [1.82, 2.24) is 0 Å². The summed E-state index contributed by atoms with van der Waals surface area (Å²) < 4.78 is 5.80. The van der Waals surface area contributed by atoms with E-state index in [4.69, 9.17) is 16.0 Å². The van der Waals surface area contributed by atoms with Gasteiger partial charge < -0.3 is 9.52 Å². The first-order valence-corrected chi connectivity index (χ1v) is 7.09. The van der Waals surface area contributed by atoms with Crippen LogP contribution in [-0.2, 0) is 0 Å². The molecule has 0 amide bonds. The third kappa shape index (κ3) is 4.27. The Labute approximate surface area is 134 Å². The third-order valence-corrected chi connectivity index (χ3v) is 3.09. The Morgan fingerprint density at radius 3 is 2.45 bits per heavy atom. The molecule has 1 aromatic carbocycles. The summed E-state index contributed by atoms with van der Waals surface area (Å²) in [6.45, 7) is 0. The van der Waals surface area contributed by atoms with Gasteiger partial charge in [0.2, 0.25) is 5.78 Å². The smallest absolute Gasteiger partial charge is 0.230 e. The van der Waals surface area contributed by atoms with E-state index in [2.05, 4.69) is 5.10 Å². The summed E-state index contributed by atoms with van der Waals surface area (Å²) in [5.74, 6) is 0.0391. The molecule has 0 saturated heterocycles. The number of benzene rings is 1. The molecule has 1 aromatic heterocycles. The summed E-state index contributed by atoms with van der Waals surface area (Å²) in [7, 11) is 5.70. The molecule has 0 saturated carbocycles. The number of ketones is 1. The molecule has 1 unspecified atom stereocenters. The molecule has 0 aliphatic heterocycles. The van der Waals surface area contributed by atoms with E-state index in [1.165, 1.54) is 6.07 Å². The van der Waals surface area contributed by atoms with Gasteiger partial charge in [0.25, 0.3) is 0 Å². The van der Waals surface area contributed by atoms with Crippen LogP contribution in [0.3, 0.4) is 0 Å². The van der Waals surface area contributed by atoms with Crippen molar-refractivity contribution in [2.45, 2.75) is 6.10 Å². The van der Waals surface area contributed by atoms with Crippen LogP contribution in [0.25, 0.3) is 0 Å². The summed E-state index contributed by atoms with van der Waals surface area (Å²) in [5.41, 5.74) is 0.465. The first-order valence-electron chi connectivity index (χ1n) is 6.71. The summed E-state index contributed by atoms with van der Waals surface area (Å²) in [5, 5.41) is 14.9. The Kier molecular flexibility index (Phi) is 4.81. The Morgan fingerprint density at radius 1 is 1.23 bits per heavy atom. The van der Waals surface area contributed by atoms with Gasteiger partial charge in [0.1, 0.15) is 12.3 Å². The third-order valence-electron chi connectivity index (χ3n) is 2.84. The van der Waals surface area contributed by atoms with Crippen LogP contribution in [0.5, 0.6) is 0 Å². The van der Waals surface area contributed by atoms with Crippen LogP contribution in [-0.4, -0.2) is 42.8 Å². The summed E-state index contributed by atoms with van der Waals surface area (Å²) in [4.78, 5) is 12.2. The molecule has 2 aromatic rings. The zero-order valence-corrected chi connectivity index (χ0v) is 13.4. The van der Waals surface area contributed by atoms with Crippen molar-refractivity contribution in [2.24, 2.45) is 5.10 Å². The predicted molar refractivity (Wildman–Crippen MR) is 85.1 cm³/mol. The van der Waals surface area contributed by atoms with Crippen molar-refractivity contribution >= 4 is 23.6 Å². The molecule has 2 rings (SSSR count). The Hall–Kier alpha value is -1.95.